The first kappa shape index (κ1) is 10.0. The molecule has 0 saturated carbocycles. The number of hydrogen-bond donors (Lipinski definition) is 0. The zero-order valence-electron chi connectivity index (χ0n) is 8.50. The smallest absolute Gasteiger partial charge is 0.0481 e. The molecule has 1 aromatic heterocycles. The second-order valence-corrected chi connectivity index (χ2v) is 5.31. The summed E-state index contributed by atoms with van der Waals surface area (Å²) in [7, 11) is 0. The lowest BCUT2D eigenvalue weighted by Gasteiger charge is -2.07. The highest BCUT2D eigenvalue weighted by atomic mass is 127. The Morgan fingerprint density at radius 1 is 1.29 bits per heavy atom. The molecule has 1 aromatic carbocycles. The van der Waals surface area contributed by atoms with Gasteiger partial charge in [-0.2, -0.15) is 0 Å². The van der Waals surface area contributed by atoms with Gasteiger partial charge in [-0.1, -0.05) is 13.8 Å². The van der Waals surface area contributed by atoms with E-state index in [1.54, 1.807) is 0 Å². The third kappa shape index (κ3) is 1.95. The number of nitrogens with zero attached hydrogens (tertiary/aromatic N) is 1. The van der Waals surface area contributed by atoms with Crippen molar-refractivity contribution in [3.8, 4) is 0 Å². The average molecular weight is 299 g/mol. The molecule has 1 heterocycles. The van der Waals surface area contributed by atoms with Crippen molar-refractivity contribution in [1.29, 1.82) is 0 Å². The number of fused-ring (bicyclic) bond motifs is 1. The molecule has 0 unspecified atom stereocenters. The standard InChI is InChI=1S/C12H14IN/c1-9(2)8-14-6-5-10-7-11(13)3-4-12(10)14/h3-7,9H,8H2,1-2H3. The van der Waals surface area contributed by atoms with Gasteiger partial charge in [0, 0.05) is 27.2 Å². The number of halogens is 1. The Bertz CT molecular complexity index is 443. The Kier molecular flexibility index (Phi) is 2.81. The van der Waals surface area contributed by atoms with Gasteiger partial charge in [0.15, 0.2) is 0 Å². The largest absolute Gasteiger partial charge is 0.347 e. The Morgan fingerprint density at radius 2 is 2.07 bits per heavy atom. The van der Waals surface area contributed by atoms with Gasteiger partial charge in [0.05, 0.1) is 0 Å². The van der Waals surface area contributed by atoms with Gasteiger partial charge < -0.3 is 4.57 Å². The molecule has 2 aromatic rings. The summed E-state index contributed by atoms with van der Waals surface area (Å²) < 4.78 is 3.63. The normalized spacial score (nSPS) is 11.4. The third-order valence-electron chi connectivity index (χ3n) is 2.29. The fourth-order valence-electron chi connectivity index (χ4n) is 1.72. The van der Waals surface area contributed by atoms with Crippen molar-refractivity contribution in [2.75, 3.05) is 0 Å². The summed E-state index contributed by atoms with van der Waals surface area (Å²) in [6.07, 6.45) is 2.18. The van der Waals surface area contributed by atoms with Crippen molar-refractivity contribution in [1.82, 2.24) is 4.57 Å². The van der Waals surface area contributed by atoms with Gasteiger partial charge in [0.1, 0.15) is 0 Å². The molecule has 2 rings (SSSR count). The van der Waals surface area contributed by atoms with Crippen molar-refractivity contribution in [2.45, 2.75) is 20.4 Å². The number of benzene rings is 1. The number of hydrogen-bond acceptors (Lipinski definition) is 0. The van der Waals surface area contributed by atoms with Crippen molar-refractivity contribution in [2.24, 2.45) is 5.92 Å². The molecule has 74 valence electrons. The van der Waals surface area contributed by atoms with Crippen molar-refractivity contribution in [3.05, 3.63) is 34.0 Å². The summed E-state index contributed by atoms with van der Waals surface area (Å²) in [5.74, 6) is 0.699. The molecular formula is C12H14IN. The van der Waals surface area contributed by atoms with Crippen LogP contribution >= 0.6 is 22.6 Å². The van der Waals surface area contributed by atoms with Crippen molar-refractivity contribution >= 4 is 33.5 Å². The van der Waals surface area contributed by atoms with E-state index in [-0.39, 0.29) is 0 Å². The van der Waals surface area contributed by atoms with Crippen molar-refractivity contribution in [3.63, 3.8) is 0 Å². The van der Waals surface area contributed by atoms with Crippen LogP contribution in [0.2, 0.25) is 0 Å². The zero-order chi connectivity index (χ0) is 10.1. The van der Waals surface area contributed by atoms with E-state index >= 15 is 0 Å². The van der Waals surface area contributed by atoms with E-state index in [0.717, 1.165) is 6.54 Å². The molecule has 0 saturated heterocycles. The van der Waals surface area contributed by atoms with Crippen LogP contribution in [0.25, 0.3) is 10.9 Å². The average Bonchev–Trinajstić information content (AvgIpc) is 2.47. The monoisotopic (exact) mass is 299 g/mol. The van der Waals surface area contributed by atoms with Gasteiger partial charge in [-0.25, -0.2) is 0 Å². The Morgan fingerprint density at radius 3 is 2.79 bits per heavy atom. The molecule has 0 radical (unpaired) electrons. The molecule has 0 amide bonds. The fraction of sp³-hybridized carbons (Fsp3) is 0.333. The predicted octanol–water partition coefficient (Wildman–Crippen LogP) is 3.90. The number of aromatic nitrogens is 1. The van der Waals surface area contributed by atoms with Crippen LogP contribution in [-0.2, 0) is 6.54 Å². The molecule has 1 nitrogen and oxygen atoms in total. The molecule has 0 atom stereocenters. The lowest BCUT2D eigenvalue weighted by Crippen LogP contribution is -2.02. The van der Waals surface area contributed by atoms with Crippen LogP contribution in [0.4, 0.5) is 0 Å². The molecule has 14 heavy (non-hydrogen) atoms. The number of rotatable bonds is 2. The summed E-state index contributed by atoms with van der Waals surface area (Å²) >= 11 is 2.35. The molecule has 0 fully saturated rings. The van der Waals surface area contributed by atoms with Crippen LogP contribution in [0.3, 0.4) is 0 Å². The Hall–Kier alpha value is -0.510. The first-order valence-corrected chi connectivity index (χ1v) is 5.99. The molecule has 0 bridgehead atoms. The van der Waals surface area contributed by atoms with E-state index < -0.39 is 0 Å². The molecule has 0 spiro atoms. The van der Waals surface area contributed by atoms with Crippen LogP contribution in [0.15, 0.2) is 30.5 Å². The summed E-state index contributed by atoms with van der Waals surface area (Å²) in [4.78, 5) is 0. The van der Waals surface area contributed by atoms with Crippen LogP contribution in [0, 0.1) is 9.49 Å². The van der Waals surface area contributed by atoms with Gasteiger partial charge in [-0.05, 0) is 52.8 Å². The minimum atomic E-state index is 0.699. The lowest BCUT2D eigenvalue weighted by atomic mass is 10.2. The molecule has 2 heteroatoms. The minimum Gasteiger partial charge on any atom is -0.347 e. The lowest BCUT2D eigenvalue weighted by molar-refractivity contribution is 0.535. The van der Waals surface area contributed by atoms with Crippen LogP contribution in [-0.4, -0.2) is 4.57 Å². The van der Waals surface area contributed by atoms with E-state index in [1.165, 1.54) is 14.5 Å². The fourth-order valence-corrected chi connectivity index (χ4v) is 2.24. The minimum absolute atomic E-state index is 0.699. The van der Waals surface area contributed by atoms with Gasteiger partial charge in [-0.15, -0.1) is 0 Å². The van der Waals surface area contributed by atoms with Gasteiger partial charge in [-0.3, -0.25) is 0 Å². The SMILES string of the molecule is CC(C)Cn1ccc2cc(I)ccc21. The maximum absolute atomic E-state index is 2.35. The highest BCUT2D eigenvalue weighted by Crippen LogP contribution is 2.19. The highest BCUT2D eigenvalue weighted by molar-refractivity contribution is 14.1. The van der Waals surface area contributed by atoms with Crippen LogP contribution < -0.4 is 0 Å². The molecule has 0 N–H and O–H groups in total. The van der Waals surface area contributed by atoms with E-state index in [1.807, 2.05) is 0 Å². The van der Waals surface area contributed by atoms with E-state index in [2.05, 4.69) is 71.5 Å². The first-order valence-electron chi connectivity index (χ1n) is 4.91. The summed E-state index contributed by atoms with van der Waals surface area (Å²) in [5.41, 5.74) is 1.35. The topological polar surface area (TPSA) is 4.93 Å². The predicted molar refractivity (Wildman–Crippen MR) is 69.5 cm³/mol. The third-order valence-corrected chi connectivity index (χ3v) is 2.97. The summed E-state index contributed by atoms with van der Waals surface area (Å²) in [6, 6.07) is 8.80. The van der Waals surface area contributed by atoms with E-state index in [4.69, 9.17) is 0 Å². The van der Waals surface area contributed by atoms with Crippen molar-refractivity contribution < 1.29 is 0 Å². The van der Waals surface area contributed by atoms with Gasteiger partial charge in [0.2, 0.25) is 0 Å². The zero-order valence-corrected chi connectivity index (χ0v) is 10.7. The maximum atomic E-state index is 2.35. The molecule has 0 aliphatic heterocycles. The Labute approximate surface area is 98.3 Å². The maximum Gasteiger partial charge on any atom is 0.0481 e. The quantitative estimate of drug-likeness (QED) is 0.741. The summed E-state index contributed by atoms with van der Waals surface area (Å²) in [5, 5.41) is 1.34. The van der Waals surface area contributed by atoms with E-state index in [0.29, 0.717) is 5.92 Å². The molecule has 0 aliphatic carbocycles. The Balaban J connectivity index is 2.47. The second-order valence-electron chi connectivity index (χ2n) is 4.07. The second kappa shape index (κ2) is 3.93. The van der Waals surface area contributed by atoms with Gasteiger partial charge in [0.25, 0.3) is 0 Å². The van der Waals surface area contributed by atoms with Crippen LogP contribution in [0.5, 0.6) is 0 Å². The van der Waals surface area contributed by atoms with Crippen LogP contribution in [0.1, 0.15) is 13.8 Å². The molecular weight excluding hydrogens is 285 g/mol. The first-order chi connectivity index (χ1) is 6.66. The summed E-state index contributed by atoms with van der Waals surface area (Å²) in [6.45, 7) is 5.60. The van der Waals surface area contributed by atoms with Gasteiger partial charge >= 0.3 is 0 Å². The molecule has 0 aliphatic rings. The van der Waals surface area contributed by atoms with E-state index in [9.17, 15) is 0 Å². The highest BCUT2D eigenvalue weighted by Gasteiger charge is 2.02.